The van der Waals surface area contributed by atoms with Crippen LogP contribution in [0, 0.1) is 12.8 Å². The molecule has 1 saturated heterocycles. The van der Waals surface area contributed by atoms with Gasteiger partial charge in [-0.3, -0.25) is 9.59 Å². The monoisotopic (exact) mass is 254 g/mol. The van der Waals surface area contributed by atoms with Crippen LogP contribution < -0.4 is 4.74 Å². The minimum Gasteiger partial charge on any atom is -0.481 e. The Morgan fingerprint density at radius 1 is 1.67 bits per heavy atom. The summed E-state index contributed by atoms with van der Waals surface area (Å²) in [6.07, 6.45) is 0.490. The molecule has 18 heavy (non-hydrogen) atoms. The molecule has 1 atom stereocenters. The maximum Gasteiger partial charge on any atom is 0.308 e. The van der Waals surface area contributed by atoms with E-state index in [1.807, 2.05) is 0 Å². The minimum atomic E-state index is -0.863. The first-order valence-electron chi connectivity index (χ1n) is 5.63. The third kappa shape index (κ3) is 2.79. The first kappa shape index (κ1) is 12.4. The van der Waals surface area contributed by atoms with Gasteiger partial charge in [0.2, 0.25) is 0 Å². The Balaban J connectivity index is 1.80. The van der Waals surface area contributed by atoms with Crippen LogP contribution in [0.3, 0.4) is 0 Å². The smallest absolute Gasteiger partial charge is 0.308 e. The van der Waals surface area contributed by atoms with Gasteiger partial charge in [-0.2, -0.15) is 0 Å². The van der Waals surface area contributed by atoms with Gasteiger partial charge in [0.25, 0.3) is 11.8 Å². The van der Waals surface area contributed by atoms with E-state index in [9.17, 15) is 9.59 Å². The molecule has 0 radical (unpaired) electrons. The van der Waals surface area contributed by atoms with Gasteiger partial charge in [0, 0.05) is 19.2 Å². The lowest BCUT2D eigenvalue weighted by Gasteiger charge is -2.15. The van der Waals surface area contributed by atoms with E-state index < -0.39 is 11.9 Å². The fraction of sp³-hybridized carbons (Fsp3) is 0.545. The third-order valence-corrected chi connectivity index (χ3v) is 2.84. The summed E-state index contributed by atoms with van der Waals surface area (Å²) in [6.45, 7) is 2.27. The first-order valence-corrected chi connectivity index (χ1v) is 5.63. The molecule has 1 fully saturated rings. The summed E-state index contributed by atoms with van der Waals surface area (Å²) >= 11 is 0. The van der Waals surface area contributed by atoms with Gasteiger partial charge in [0.15, 0.2) is 6.61 Å². The number of carboxylic acid groups (broad SMARTS) is 1. The molecule has 0 aromatic carbocycles. The standard InChI is InChI=1S/C11H14N2O5/c1-7-4-9(12-18-7)17-6-10(14)13-3-2-8(5-13)11(15)16/h4,8H,2-3,5-6H2,1H3,(H,15,16). The topological polar surface area (TPSA) is 92.9 Å². The number of carboxylic acids is 1. The zero-order valence-electron chi connectivity index (χ0n) is 9.96. The fourth-order valence-corrected chi connectivity index (χ4v) is 1.83. The van der Waals surface area contributed by atoms with Crippen molar-refractivity contribution in [1.82, 2.24) is 10.1 Å². The summed E-state index contributed by atoms with van der Waals surface area (Å²) in [4.78, 5) is 24.0. The maximum absolute atomic E-state index is 11.7. The van der Waals surface area contributed by atoms with Crippen LogP contribution in [0.1, 0.15) is 12.2 Å². The molecule has 1 aliphatic rings. The van der Waals surface area contributed by atoms with E-state index in [4.69, 9.17) is 14.4 Å². The molecule has 98 valence electrons. The first-order chi connectivity index (χ1) is 8.56. The van der Waals surface area contributed by atoms with Gasteiger partial charge in [-0.05, 0) is 18.5 Å². The molecule has 1 aromatic heterocycles. The highest BCUT2D eigenvalue weighted by Gasteiger charge is 2.30. The van der Waals surface area contributed by atoms with Crippen molar-refractivity contribution in [3.05, 3.63) is 11.8 Å². The normalized spacial score (nSPS) is 18.9. The Morgan fingerprint density at radius 3 is 3.00 bits per heavy atom. The minimum absolute atomic E-state index is 0.154. The van der Waals surface area contributed by atoms with E-state index in [0.717, 1.165) is 0 Å². The quantitative estimate of drug-likeness (QED) is 0.830. The molecule has 1 N–H and O–H groups in total. The van der Waals surface area contributed by atoms with Crippen LogP contribution in [0.4, 0.5) is 0 Å². The zero-order chi connectivity index (χ0) is 13.1. The van der Waals surface area contributed by atoms with E-state index in [0.29, 0.717) is 18.7 Å². The summed E-state index contributed by atoms with van der Waals surface area (Å²) in [5.41, 5.74) is 0. The van der Waals surface area contributed by atoms with Gasteiger partial charge in [-0.25, -0.2) is 0 Å². The van der Waals surface area contributed by atoms with Crippen LogP contribution >= 0.6 is 0 Å². The number of ether oxygens (including phenoxy) is 1. The van der Waals surface area contributed by atoms with Crippen LogP contribution in [0.25, 0.3) is 0 Å². The molecule has 1 aliphatic heterocycles. The van der Waals surface area contributed by atoms with Crippen molar-refractivity contribution in [2.75, 3.05) is 19.7 Å². The predicted molar refractivity (Wildman–Crippen MR) is 59.1 cm³/mol. The van der Waals surface area contributed by atoms with Crippen molar-refractivity contribution in [1.29, 1.82) is 0 Å². The molecule has 1 unspecified atom stereocenters. The lowest BCUT2D eigenvalue weighted by molar-refractivity contribution is -0.141. The zero-order valence-corrected chi connectivity index (χ0v) is 9.96. The average molecular weight is 254 g/mol. The Kier molecular flexibility index (Phi) is 3.50. The maximum atomic E-state index is 11.7. The SMILES string of the molecule is Cc1cc(OCC(=O)N2CCC(C(=O)O)C2)no1. The highest BCUT2D eigenvalue weighted by atomic mass is 16.5. The second-order valence-corrected chi connectivity index (χ2v) is 4.23. The van der Waals surface area contributed by atoms with Gasteiger partial charge in [0.05, 0.1) is 5.92 Å². The van der Waals surface area contributed by atoms with Gasteiger partial charge in [-0.15, -0.1) is 0 Å². The number of carbonyl (C=O) groups is 2. The molecule has 0 aliphatic carbocycles. The number of aryl methyl sites for hydroxylation is 1. The summed E-state index contributed by atoms with van der Waals surface area (Å²) < 4.78 is 9.95. The number of nitrogens with zero attached hydrogens (tertiary/aromatic N) is 2. The molecule has 2 heterocycles. The Labute approximate surface area is 103 Å². The Morgan fingerprint density at radius 2 is 2.44 bits per heavy atom. The summed E-state index contributed by atoms with van der Waals surface area (Å²) in [5.74, 6) is -0.708. The third-order valence-electron chi connectivity index (χ3n) is 2.84. The molecule has 7 heteroatoms. The fourth-order valence-electron chi connectivity index (χ4n) is 1.83. The molecule has 7 nitrogen and oxygen atoms in total. The van der Waals surface area contributed by atoms with Crippen molar-refractivity contribution in [3.8, 4) is 5.88 Å². The average Bonchev–Trinajstić information content (AvgIpc) is 2.94. The van der Waals surface area contributed by atoms with Crippen LogP contribution in [-0.4, -0.2) is 46.7 Å². The summed E-state index contributed by atoms with van der Waals surface area (Å²) in [7, 11) is 0. The highest BCUT2D eigenvalue weighted by Crippen LogP contribution is 2.17. The molecule has 1 amide bonds. The largest absolute Gasteiger partial charge is 0.481 e. The van der Waals surface area contributed by atoms with Crippen molar-refractivity contribution in [2.24, 2.45) is 5.92 Å². The predicted octanol–water partition coefficient (Wildman–Crippen LogP) is 0.295. The van der Waals surface area contributed by atoms with E-state index >= 15 is 0 Å². The van der Waals surface area contributed by atoms with Crippen LogP contribution in [0.5, 0.6) is 5.88 Å². The number of hydrogen-bond acceptors (Lipinski definition) is 5. The number of likely N-dealkylation sites (tertiary alicyclic amines) is 1. The molecule has 0 bridgehead atoms. The van der Waals surface area contributed by atoms with Crippen LogP contribution in [-0.2, 0) is 9.59 Å². The number of aliphatic carboxylic acids is 1. The van der Waals surface area contributed by atoms with Crippen molar-refractivity contribution in [2.45, 2.75) is 13.3 Å². The van der Waals surface area contributed by atoms with E-state index in [1.165, 1.54) is 4.90 Å². The van der Waals surface area contributed by atoms with Gasteiger partial charge in [-0.1, -0.05) is 0 Å². The lowest BCUT2D eigenvalue weighted by Crippen LogP contribution is -2.33. The number of aromatic nitrogens is 1. The number of amides is 1. The number of rotatable bonds is 4. The van der Waals surface area contributed by atoms with Gasteiger partial charge in [0.1, 0.15) is 5.76 Å². The van der Waals surface area contributed by atoms with Crippen LogP contribution in [0.2, 0.25) is 0 Å². The molecule has 0 saturated carbocycles. The van der Waals surface area contributed by atoms with Crippen LogP contribution in [0.15, 0.2) is 10.6 Å². The van der Waals surface area contributed by atoms with Crippen molar-refractivity contribution < 1.29 is 24.0 Å². The van der Waals surface area contributed by atoms with E-state index in [1.54, 1.807) is 13.0 Å². The highest BCUT2D eigenvalue weighted by molar-refractivity contribution is 5.79. The number of hydrogen-bond donors (Lipinski definition) is 1. The van der Waals surface area contributed by atoms with Crippen molar-refractivity contribution >= 4 is 11.9 Å². The molecule has 2 rings (SSSR count). The van der Waals surface area contributed by atoms with E-state index in [-0.39, 0.29) is 24.9 Å². The summed E-state index contributed by atoms with van der Waals surface area (Å²) in [6, 6.07) is 1.58. The van der Waals surface area contributed by atoms with Gasteiger partial charge >= 0.3 is 5.97 Å². The number of carbonyl (C=O) groups excluding carboxylic acids is 1. The second-order valence-electron chi connectivity index (χ2n) is 4.23. The molecule has 0 spiro atoms. The summed E-state index contributed by atoms with van der Waals surface area (Å²) in [5, 5.41) is 12.4. The lowest BCUT2D eigenvalue weighted by atomic mass is 10.1. The van der Waals surface area contributed by atoms with E-state index in [2.05, 4.69) is 5.16 Å². The molecule has 1 aromatic rings. The van der Waals surface area contributed by atoms with Crippen molar-refractivity contribution in [3.63, 3.8) is 0 Å². The second kappa shape index (κ2) is 5.07. The van der Waals surface area contributed by atoms with Gasteiger partial charge < -0.3 is 19.3 Å². The molecular formula is C11H14N2O5. The Bertz CT molecular complexity index is 456. The molecular weight excluding hydrogens is 240 g/mol. The Hall–Kier alpha value is -2.05.